The van der Waals surface area contributed by atoms with E-state index in [2.05, 4.69) is 44.8 Å². The largest absolute Gasteiger partial charge is 0.316 e. The van der Waals surface area contributed by atoms with Gasteiger partial charge < -0.3 is 10.2 Å². The zero-order valence-electron chi connectivity index (χ0n) is 14.7. The van der Waals surface area contributed by atoms with E-state index in [9.17, 15) is 0 Å². The van der Waals surface area contributed by atoms with Crippen molar-refractivity contribution >= 4 is 0 Å². The molecule has 120 valence electrons. The molecule has 1 fully saturated rings. The van der Waals surface area contributed by atoms with Crippen molar-refractivity contribution in [2.24, 2.45) is 11.3 Å². The van der Waals surface area contributed by atoms with Crippen LogP contribution in [0.1, 0.15) is 73.1 Å². The second-order valence-electron chi connectivity index (χ2n) is 7.44. The van der Waals surface area contributed by atoms with Crippen LogP contribution in [0, 0.1) is 11.3 Å². The summed E-state index contributed by atoms with van der Waals surface area (Å²) in [6.07, 6.45) is 8.20. The molecule has 0 amide bonds. The topological polar surface area (TPSA) is 15.3 Å². The van der Waals surface area contributed by atoms with Crippen LogP contribution < -0.4 is 5.32 Å². The lowest BCUT2D eigenvalue weighted by atomic mass is 9.69. The van der Waals surface area contributed by atoms with E-state index in [1.54, 1.807) is 0 Å². The molecular formula is C18H38N2. The molecule has 2 nitrogen and oxygen atoms in total. The van der Waals surface area contributed by atoms with E-state index in [4.69, 9.17) is 0 Å². The van der Waals surface area contributed by atoms with E-state index in [0.717, 1.165) is 5.92 Å². The van der Waals surface area contributed by atoms with Crippen molar-refractivity contribution in [1.29, 1.82) is 0 Å². The third-order valence-electron chi connectivity index (χ3n) is 4.89. The first-order chi connectivity index (χ1) is 9.53. The molecule has 0 bridgehead atoms. The lowest BCUT2D eigenvalue weighted by Gasteiger charge is -2.44. The molecule has 0 heterocycles. The summed E-state index contributed by atoms with van der Waals surface area (Å²) < 4.78 is 0. The molecule has 1 N–H and O–H groups in total. The molecule has 0 radical (unpaired) electrons. The molecular weight excluding hydrogens is 244 g/mol. The Bertz CT molecular complexity index is 252. The Balaban J connectivity index is 2.69. The van der Waals surface area contributed by atoms with E-state index in [1.807, 2.05) is 0 Å². The highest BCUT2D eigenvalue weighted by atomic mass is 15.2. The molecule has 0 spiro atoms. The Morgan fingerprint density at radius 3 is 2.55 bits per heavy atom. The monoisotopic (exact) mass is 282 g/mol. The minimum absolute atomic E-state index is 0.520. The van der Waals surface area contributed by atoms with Gasteiger partial charge in [-0.15, -0.1) is 0 Å². The number of nitrogens with one attached hydrogen (secondary N) is 1. The molecule has 2 unspecified atom stereocenters. The first-order valence-electron chi connectivity index (χ1n) is 8.97. The summed E-state index contributed by atoms with van der Waals surface area (Å²) in [5.41, 5.74) is 0.520. The minimum atomic E-state index is 0.520. The van der Waals surface area contributed by atoms with Gasteiger partial charge in [0.25, 0.3) is 0 Å². The standard InChI is InChI=1S/C18H38N2/c1-6-11-19-14-18(10-8-9-17(5)13-18)15-20(12-7-2)16(3)4/h16-17,19H,6-15H2,1-5H3. The van der Waals surface area contributed by atoms with Gasteiger partial charge in [0.1, 0.15) is 0 Å². The number of hydrogen-bond donors (Lipinski definition) is 1. The van der Waals surface area contributed by atoms with Crippen LogP contribution >= 0.6 is 0 Å². The number of hydrogen-bond acceptors (Lipinski definition) is 2. The number of rotatable bonds is 9. The van der Waals surface area contributed by atoms with Crippen molar-refractivity contribution in [3.8, 4) is 0 Å². The lowest BCUT2D eigenvalue weighted by molar-refractivity contribution is 0.0650. The zero-order chi connectivity index (χ0) is 15.0. The summed E-state index contributed by atoms with van der Waals surface area (Å²) in [5, 5.41) is 3.73. The fourth-order valence-corrected chi connectivity index (χ4v) is 3.90. The van der Waals surface area contributed by atoms with Crippen molar-refractivity contribution in [3.05, 3.63) is 0 Å². The highest BCUT2D eigenvalue weighted by Crippen LogP contribution is 2.40. The van der Waals surface area contributed by atoms with Crippen LogP contribution in [0.2, 0.25) is 0 Å². The van der Waals surface area contributed by atoms with Crippen molar-refractivity contribution in [2.45, 2.75) is 79.2 Å². The molecule has 0 aliphatic heterocycles. The normalized spacial score (nSPS) is 27.4. The SMILES string of the molecule is CCCNCC1(CN(CCC)C(C)C)CCCC(C)C1. The summed E-state index contributed by atoms with van der Waals surface area (Å²) in [4.78, 5) is 2.71. The van der Waals surface area contributed by atoms with Crippen LogP contribution in [0.4, 0.5) is 0 Å². The van der Waals surface area contributed by atoms with Gasteiger partial charge >= 0.3 is 0 Å². The summed E-state index contributed by atoms with van der Waals surface area (Å²) in [6.45, 7) is 16.7. The molecule has 1 aliphatic rings. The number of nitrogens with zero attached hydrogens (tertiary/aromatic N) is 1. The molecule has 0 aromatic rings. The van der Waals surface area contributed by atoms with Gasteiger partial charge in [0.2, 0.25) is 0 Å². The predicted molar refractivity (Wildman–Crippen MR) is 90.2 cm³/mol. The Labute approximate surface area is 127 Å². The van der Waals surface area contributed by atoms with Crippen LogP contribution in [-0.4, -0.2) is 37.1 Å². The first-order valence-corrected chi connectivity index (χ1v) is 8.97. The van der Waals surface area contributed by atoms with Gasteiger partial charge in [0, 0.05) is 19.1 Å². The van der Waals surface area contributed by atoms with Gasteiger partial charge in [-0.05, 0) is 64.0 Å². The van der Waals surface area contributed by atoms with Gasteiger partial charge in [-0.3, -0.25) is 0 Å². The summed E-state index contributed by atoms with van der Waals surface area (Å²) in [5.74, 6) is 0.905. The van der Waals surface area contributed by atoms with Gasteiger partial charge in [0.05, 0.1) is 0 Å². The van der Waals surface area contributed by atoms with Gasteiger partial charge in [-0.25, -0.2) is 0 Å². The minimum Gasteiger partial charge on any atom is -0.316 e. The fraction of sp³-hybridized carbons (Fsp3) is 1.00. The average Bonchev–Trinajstić information content (AvgIpc) is 2.38. The zero-order valence-corrected chi connectivity index (χ0v) is 14.7. The second kappa shape index (κ2) is 9.04. The molecule has 2 heteroatoms. The van der Waals surface area contributed by atoms with E-state index >= 15 is 0 Å². The molecule has 20 heavy (non-hydrogen) atoms. The molecule has 1 rings (SSSR count). The molecule has 1 saturated carbocycles. The van der Waals surface area contributed by atoms with E-state index in [1.165, 1.54) is 64.7 Å². The van der Waals surface area contributed by atoms with E-state index in [-0.39, 0.29) is 0 Å². The Morgan fingerprint density at radius 1 is 1.25 bits per heavy atom. The van der Waals surface area contributed by atoms with Crippen LogP contribution in [0.3, 0.4) is 0 Å². The third kappa shape index (κ3) is 5.73. The Morgan fingerprint density at radius 2 is 2.00 bits per heavy atom. The summed E-state index contributed by atoms with van der Waals surface area (Å²) in [7, 11) is 0. The van der Waals surface area contributed by atoms with Crippen molar-refractivity contribution in [3.63, 3.8) is 0 Å². The summed E-state index contributed by atoms with van der Waals surface area (Å²) >= 11 is 0. The maximum Gasteiger partial charge on any atom is 0.00529 e. The molecule has 2 atom stereocenters. The second-order valence-corrected chi connectivity index (χ2v) is 7.44. The fourth-order valence-electron chi connectivity index (χ4n) is 3.90. The Kier molecular flexibility index (Phi) is 8.13. The molecule has 0 aromatic carbocycles. The van der Waals surface area contributed by atoms with Crippen LogP contribution in [0.15, 0.2) is 0 Å². The maximum atomic E-state index is 3.73. The summed E-state index contributed by atoms with van der Waals surface area (Å²) in [6, 6.07) is 0.676. The maximum absolute atomic E-state index is 3.73. The van der Waals surface area contributed by atoms with Crippen LogP contribution in [0.25, 0.3) is 0 Å². The average molecular weight is 283 g/mol. The van der Waals surface area contributed by atoms with Crippen molar-refractivity contribution < 1.29 is 0 Å². The third-order valence-corrected chi connectivity index (χ3v) is 4.89. The highest BCUT2D eigenvalue weighted by molar-refractivity contribution is 4.90. The lowest BCUT2D eigenvalue weighted by Crippen LogP contribution is -2.48. The molecule has 0 saturated heterocycles. The van der Waals surface area contributed by atoms with Gasteiger partial charge in [-0.1, -0.05) is 33.6 Å². The smallest absolute Gasteiger partial charge is 0.00529 e. The highest BCUT2D eigenvalue weighted by Gasteiger charge is 2.36. The molecule has 1 aliphatic carbocycles. The van der Waals surface area contributed by atoms with Crippen LogP contribution in [0.5, 0.6) is 0 Å². The van der Waals surface area contributed by atoms with E-state index in [0.29, 0.717) is 11.5 Å². The van der Waals surface area contributed by atoms with Gasteiger partial charge in [0.15, 0.2) is 0 Å². The van der Waals surface area contributed by atoms with E-state index < -0.39 is 0 Å². The Hall–Kier alpha value is -0.0800. The first kappa shape index (κ1) is 18.0. The van der Waals surface area contributed by atoms with Gasteiger partial charge in [-0.2, -0.15) is 0 Å². The van der Waals surface area contributed by atoms with Crippen molar-refractivity contribution in [2.75, 3.05) is 26.2 Å². The quantitative estimate of drug-likeness (QED) is 0.634. The molecule has 0 aromatic heterocycles. The van der Waals surface area contributed by atoms with Crippen molar-refractivity contribution in [1.82, 2.24) is 10.2 Å². The predicted octanol–water partition coefficient (Wildman–Crippen LogP) is 4.30. The van der Waals surface area contributed by atoms with Crippen LogP contribution in [-0.2, 0) is 0 Å².